The third-order valence-corrected chi connectivity index (χ3v) is 3.79. The minimum atomic E-state index is -0.879. The van der Waals surface area contributed by atoms with Crippen molar-refractivity contribution in [1.82, 2.24) is 5.32 Å². The smallest absolute Gasteiger partial charge is 0.251 e. The average Bonchev–Trinajstić information content (AvgIpc) is 2.59. The van der Waals surface area contributed by atoms with E-state index in [9.17, 15) is 18.4 Å². The number of rotatable bonds is 7. The number of ether oxygens (including phenoxy) is 1. The molecular formula is C20H22F2N2O3. The molecule has 7 heteroatoms. The maximum absolute atomic E-state index is 13.3. The Kier molecular flexibility index (Phi) is 6.87. The van der Waals surface area contributed by atoms with Crippen LogP contribution in [0, 0.1) is 17.6 Å². The van der Waals surface area contributed by atoms with E-state index in [1.54, 1.807) is 38.1 Å². The average molecular weight is 376 g/mol. The molecule has 27 heavy (non-hydrogen) atoms. The first-order valence-electron chi connectivity index (χ1n) is 8.60. The van der Waals surface area contributed by atoms with Gasteiger partial charge in [0.15, 0.2) is 0 Å². The summed E-state index contributed by atoms with van der Waals surface area (Å²) in [7, 11) is 0. The van der Waals surface area contributed by atoms with Crippen LogP contribution in [0.5, 0.6) is 5.75 Å². The Labute approximate surface area is 156 Å². The van der Waals surface area contributed by atoms with Gasteiger partial charge in [-0.05, 0) is 49.2 Å². The van der Waals surface area contributed by atoms with Crippen molar-refractivity contribution >= 4 is 17.5 Å². The van der Waals surface area contributed by atoms with Gasteiger partial charge in [0, 0.05) is 17.3 Å². The van der Waals surface area contributed by atoms with Gasteiger partial charge in [0.1, 0.15) is 23.4 Å². The molecule has 2 amide bonds. The van der Waals surface area contributed by atoms with Crippen molar-refractivity contribution in [3.8, 4) is 5.75 Å². The van der Waals surface area contributed by atoms with Crippen LogP contribution in [0.15, 0.2) is 42.5 Å². The Hall–Kier alpha value is -2.96. The monoisotopic (exact) mass is 376 g/mol. The minimum absolute atomic E-state index is 0.0153. The maximum Gasteiger partial charge on any atom is 0.251 e. The molecule has 0 radical (unpaired) electrons. The Morgan fingerprint density at radius 2 is 1.63 bits per heavy atom. The maximum atomic E-state index is 13.3. The molecule has 0 fully saturated rings. The summed E-state index contributed by atoms with van der Waals surface area (Å²) >= 11 is 0. The lowest BCUT2D eigenvalue weighted by molar-refractivity contribution is -0.118. The van der Waals surface area contributed by atoms with E-state index >= 15 is 0 Å². The molecule has 0 bridgehead atoms. The molecule has 2 aromatic carbocycles. The molecule has 0 saturated carbocycles. The minimum Gasteiger partial charge on any atom is -0.494 e. The zero-order chi connectivity index (χ0) is 20.0. The van der Waals surface area contributed by atoms with Crippen LogP contribution in [0.3, 0.4) is 0 Å². The van der Waals surface area contributed by atoms with E-state index < -0.39 is 29.5 Å². The quantitative estimate of drug-likeness (QED) is 0.773. The molecule has 0 aliphatic carbocycles. The number of hydrogen-bond donors (Lipinski definition) is 2. The van der Waals surface area contributed by atoms with Crippen LogP contribution in [0.25, 0.3) is 0 Å². The van der Waals surface area contributed by atoms with Gasteiger partial charge in [-0.3, -0.25) is 9.59 Å². The van der Waals surface area contributed by atoms with Crippen molar-refractivity contribution in [3.05, 3.63) is 59.7 Å². The predicted octanol–water partition coefficient (Wildman–Crippen LogP) is 3.76. The van der Waals surface area contributed by atoms with Gasteiger partial charge in [-0.25, -0.2) is 8.78 Å². The number of halogens is 2. The number of hydrogen-bond acceptors (Lipinski definition) is 3. The zero-order valence-electron chi connectivity index (χ0n) is 15.4. The Bertz CT molecular complexity index is 787. The highest BCUT2D eigenvalue weighted by molar-refractivity contribution is 6.01. The molecule has 1 atom stereocenters. The van der Waals surface area contributed by atoms with Gasteiger partial charge in [-0.15, -0.1) is 0 Å². The van der Waals surface area contributed by atoms with Gasteiger partial charge in [-0.1, -0.05) is 13.8 Å². The van der Waals surface area contributed by atoms with E-state index in [2.05, 4.69) is 10.6 Å². The molecule has 5 nitrogen and oxygen atoms in total. The summed E-state index contributed by atoms with van der Waals surface area (Å²) in [6.07, 6.45) is 0. The summed E-state index contributed by atoms with van der Waals surface area (Å²) in [5.74, 6) is -2.20. The number of carbonyl (C=O) groups is 2. The van der Waals surface area contributed by atoms with Gasteiger partial charge in [0.2, 0.25) is 5.91 Å². The fourth-order valence-corrected chi connectivity index (χ4v) is 2.47. The lowest BCUT2D eigenvalue weighted by Gasteiger charge is -2.22. The molecular weight excluding hydrogens is 354 g/mol. The zero-order valence-corrected chi connectivity index (χ0v) is 15.4. The molecule has 0 aliphatic rings. The summed E-state index contributed by atoms with van der Waals surface area (Å²) in [5.41, 5.74) is 0.354. The molecule has 0 aliphatic heterocycles. The van der Waals surface area contributed by atoms with Gasteiger partial charge < -0.3 is 15.4 Å². The van der Waals surface area contributed by atoms with Crippen LogP contribution in [-0.4, -0.2) is 24.5 Å². The van der Waals surface area contributed by atoms with Gasteiger partial charge in [0.05, 0.1) is 6.61 Å². The molecule has 1 unspecified atom stereocenters. The molecule has 0 heterocycles. The van der Waals surface area contributed by atoms with Crippen molar-refractivity contribution in [2.45, 2.75) is 26.8 Å². The first-order valence-corrected chi connectivity index (χ1v) is 8.60. The number of benzene rings is 2. The van der Waals surface area contributed by atoms with E-state index in [1.165, 1.54) is 0 Å². The lowest BCUT2D eigenvalue weighted by Crippen LogP contribution is -2.47. The van der Waals surface area contributed by atoms with Crippen molar-refractivity contribution in [3.63, 3.8) is 0 Å². The number of anilines is 1. The summed E-state index contributed by atoms with van der Waals surface area (Å²) in [5, 5.41) is 5.09. The van der Waals surface area contributed by atoms with Crippen LogP contribution in [-0.2, 0) is 4.79 Å². The largest absolute Gasteiger partial charge is 0.494 e. The van der Waals surface area contributed by atoms with Crippen LogP contribution < -0.4 is 15.4 Å². The number of amides is 2. The molecule has 144 valence electrons. The van der Waals surface area contributed by atoms with E-state index in [4.69, 9.17) is 4.74 Å². The lowest BCUT2D eigenvalue weighted by atomic mass is 10.0. The summed E-state index contributed by atoms with van der Waals surface area (Å²) in [4.78, 5) is 24.9. The van der Waals surface area contributed by atoms with Crippen LogP contribution in [0.2, 0.25) is 0 Å². The van der Waals surface area contributed by atoms with Crippen molar-refractivity contribution < 1.29 is 23.1 Å². The topological polar surface area (TPSA) is 67.4 Å². The van der Waals surface area contributed by atoms with Crippen LogP contribution in [0.4, 0.5) is 14.5 Å². The first kappa shape index (κ1) is 20.4. The second-order valence-corrected chi connectivity index (χ2v) is 6.30. The van der Waals surface area contributed by atoms with Gasteiger partial charge >= 0.3 is 0 Å². The summed E-state index contributed by atoms with van der Waals surface area (Å²) in [6, 6.07) is 8.37. The summed E-state index contributed by atoms with van der Waals surface area (Å²) < 4.78 is 31.9. The molecule has 2 N–H and O–H groups in total. The first-order chi connectivity index (χ1) is 12.8. The van der Waals surface area contributed by atoms with Crippen molar-refractivity contribution in [2.24, 2.45) is 5.92 Å². The van der Waals surface area contributed by atoms with E-state index in [-0.39, 0.29) is 11.6 Å². The number of nitrogens with one attached hydrogen (secondary N) is 2. The molecule has 2 rings (SSSR count). The van der Waals surface area contributed by atoms with E-state index in [1.807, 2.05) is 6.92 Å². The molecule has 0 aromatic heterocycles. The highest BCUT2D eigenvalue weighted by Crippen LogP contribution is 2.16. The fourth-order valence-electron chi connectivity index (χ4n) is 2.47. The Morgan fingerprint density at radius 1 is 1.04 bits per heavy atom. The highest BCUT2D eigenvalue weighted by Gasteiger charge is 2.25. The highest BCUT2D eigenvalue weighted by atomic mass is 19.1. The van der Waals surface area contributed by atoms with Gasteiger partial charge in [-0.2, -0.15) is 0 Å². The van der Waals surface area contributed by atoms with Crippen molar-refractivity contribution in [2.75, 3.05) is 11.9 Å². The molecule has 2 aromatic rings. The van der Waals surface area contributed by atoms with Crippen LogP contribution in [0.1, 0.15) is 31.1 Å². The Balaban J connectivity index is 2.09. The molecule has 0 spiro atoms. The Morgan fingerprint density at radius 3 is 2.15 bits per heavy atom. The second kappa shape index (κ2) is 9.12. The van der Waals surface area contributed by atoms with Crippen molar-refractivity contribution in [1.29, 1.82) is 0 Å². The normalized spacial score (nSPS) is 11.8. The third kappa shape index (κ3) is 5.77. The van der Waals surface area contributed by atoms with E-state index in [0.29, 0.717) is 24.0 Å². The standard InChI is InChI=1S/C20H22F2N2O3/c1-4-27-17-7-5-13(6-8-17)19(25)24-18(12(2)3)20(26)23-16-10-14(21)9-15(22)11-16/h5-12,18H,4H2,1-3H3,(H,23,26)(H,24,25). The molecule has 0 saturated heterocycles. The summed E-state index contributed by atoms with van der Waals surface area (Å²) in [6.45, 7) is 5.89. The van der Waals surface area contributed by atoms with E-state index in [0.717, 1.165) is 12.1 Å². The SMILES string of the molecule is CCOc1ccc(C(=O)NC(C(=O)Nc2cc(F)cc(F)c2)C(C)C)cc1. The third-order valence-electron chi connectivity index (χ3n) is 3.79. The van der Waals surface area contributed by atoms with Crippen LogP contribution >= 0.6 is 0 Å². The fraction of sp³-hybridized carbons (Fsp3) is 0.300. The predicted molar refractivity (Wildman–Crippen MR) is 98.7 cm³/mol. The van der Waals surface area contributed by atoms with Gasteiger partial charge in [0.25, 0.3) is 5.91 Å². The number of carbonyl (C=O) groups excluding carboxylic acids is 2. The second-order valence-electron chi connectivity index (χ2n) is 6.30.